The van der Waals surface area contributed by atoms with Crippen molar-refractivity contribution < 1.29 is 10.6 Å². The fourth-order valence-electron chi connectivity index (χ4n) is 1.56. The number of hydrogen-bond acceptors (Lipinski definition) is 3. The lowest BCUT2D eigenvalue weighted by atomic mass is 10.00. The molecule has 1 aliphatic rings. The Morgan fingerprint density at radius 1 is 1.47 bits per heavy atom. The zero-order valence-electron chi connectivity index (χ0n) is 12.5. The second-order valence-electron chi connectivity index (χ2n) is 3.60. The van der Waals surface area contributed by atoms with Crippen molar-refractivity contribution in [3.63, 3.8) is 0 Å². The molecule has 3 nitrogen and oxygen atoms in total. The highest BCUT2D eigenvalue weighted by Gasteiger charge is 2.17. The SMILES string of the molecule is [2H]C1([2H])CN(C[C@@H](O)CN)C([2H])([2H])c2ccccc21. The maximum atomic E-state index is 9.60. The standard InChI is InChI=1S/C12H18N2O/c13-7-12(15)9-14-6-5-10-3-1-2-4-11(10)8-14/h1-4,12,15H,5-9,13H2/t12-/m0/s1/i5D2,8D2. The van der Waals surface area contributed by atoms with Crippen LogP contribution in [0, 0.1) is 0 Å². The minimum Gasteiger partial charge on any atom is -0.390 e. The largest absolute Gasteiger partial charge is 0.390 e. The van der Waals surface area contributed by atoms with E-state index in [9.17, 15) is 5.11 Å². The number of nitrogens with zero attached hydrogens (tertiary/aromatic N) is 1. The van der Waals surface area contributed by atoms with Crippen LogP contribution in [-0.2, 0) is 12.9 Å². The summed E-state index contributed by atoms with van der Waals surface area (Å²) >= 11 is 0. The molecule has 3 heteroatoms. The lowest BCUT2D eigenvalue weighted by Crippen LogP contribution is -2.39. The van der Waals surface area contributed by atoms with Crippen LogP contribution >= 0.6 is 0 Å². The topological polar surface area (TPSA) is 49.5 Å². The van der Waals surface area contributed by atoms with Crippen molar-refractivity contribution in [3.8, 4) is 0 Å². The molecule has 1 aromatic rings. The molecule has 0 saturated heterocycles. The second-order valence-corrected chi connectivity index (χ2v) is 3.60. The lowest BCUT2D eigenvalue weighted by Gasteiger charge is -2.29. The molecule has 82 valence electrons. The number of nitrogens with two attached hydrogens (primary N) is 1. The maximum Gasteiger partial charge on any atom is 0.0789 e. The third-order valence-corrected chi connectivity index (χ3v) is 2.37. The van der Waals surface area contributed by atoms with Gasteiger partial charge in [0.05, 0.1) is 6.10 Å². The molecule has 1 aromatic carbocycles. The molecule has 0 radical (unpaired) electrons. The van der Waals surface area contributed by atoms with Gasteiger partial charge in [0.15, 0.2) is 0 Å². The summed E-state index contributed by atoms with van der Waals surface area (Å²) in [6.07, 6.45) is -2.51. The maximum absolute atomic E-state index is 9.60. The van der Waals surface area contributed by atoms with E-state index in [2.05, 4.69) is 0 Å². The predicted octanol–water partition coefficient (Wildman–Crippen LogP) is 0.364. The first-order chi connectivity index (χ1) is 8.79. The van der Waals surface area contributed by atoms with Crippen LogP contribution in [0.5, 0.6) is 0 Å². The van der Waals surface area contributed by atoms with E-state index >= 15 is 0 Å². The van der Waals surface area contributed by atoms with Gasteiger partial charge < -0.3 is 10.8 Å². The smallest absolute Gasteiger partial charge is 0.0789 e. The molecule has 0 amide bonds. The average molecular weight is 210 g/mol. The van der Waals surface area contributed by atoms with Crippen LogP contribution in [0.2, 0.25) is 0 Å². The molecule has 0 unspecified atom stereocenters. The van der Waals surface area contributed by atoms with Crippen molar-refractivity contribution in [1.82, 2.24) is 4.90 Å². The highest BCUT2D eigenvalue weighted by molar-refractivity contribution is 5.29. The van der Waals surface area contributed by atoms with E-state index in [0.29, 0.717) is 11.1 Å². The van der Waals surface area contributed by atoms with E-state index < -0.39 is 19.0 Å². The number of aliphatic hydroxyl groups excluding tert-OH is 1. The molecule has 1 atom stereocenters. The summed E-state index contributed by atoms with van der Waals surface area (Å²) in [4.78, 5) is 1.31. The summed E-state index contributed by atoms with van der Waals surface area (Å²) in [5.41, 5.74) is 6.04. The summed E-state index contributed by atoms with van der Waals surface area (Å²) in [6.45, 7) is -1.87. The van der Waals surface area contributed by atoms with Gasteiger partial charge in [-0.1, -0.05) is 24.3 Å². The van der Waals surface area contributed by atoms with Crippen molar-refractivity contribution in [2.45, 2.75) is 19.0 Å². The molecule has 0 aliphatic carbocycles. The molecule has 0 spiro atoms. The number of aliphatic hydroxyl groups is 1. The van der Waals surface area contributed by atoms with Crippen LogP contribution in [0.3, 0.4) is 0 Å². The molecule has 0 bridgehead atoms. The van der Waals surface area contributed by atoms with Gasteiger partial charge in [-0.05, 0) is 17.5 Å². The number of fused-ring (bicyclic) bond motifs is 1. The summed E-state index contributed by atoms with van der Waals surface area (Å²) < 4.78 is 32.5. The quantitative estimate of drug-likeness (QED) is 0.757. The van der Waals surface area contributed by atoms with Gasteiger partial charge in [0.1, 0.15) is 0 Å². The number of rotatable bonds is 3. The first-order valence-electron chi connectivity index (χ1n) is 7.02. The highest BCUT2D eigenvalue weighted by Crippen LogP contribution is 2.18. The summed E-state index contributed by atoms with van der Waals surface area (Å²) in [7, 11) is 0. The van der Waals surface area contributed by atoms with Crippen molar-refractivity contribution in [2.24, 2.45) is 5.73 Å². The monoisotopic (exact) mass is 210 g/mol. The molecule has 1 heterocycles. The van der Waals surface area contributed by atoms with Gasteiger partial charge in [-0.25, -0.2) is 0 Å². The van der Waals surface area contributed by atoms with Gasteiger partial charge in [-0.3, -0.25) is 4.90 Å². The third-order valence-electron chi connectivity index (χ3n) is 2.37. The van der Waals surface area contributed by atoms with Gasteiger partial charge in [-0.2, -0.15) is 0 Å². The fraction of sp³-hybridized carbons (Fsp3) is 0.500. The predicted molar refractivity (Wildman–Crippen MR) is 60.5 cm³/mol. The molecule has 15 heavy (non-hydrogen) atoms. The van der Waals surface area contributed by atoms with Gasteiger partial charge in [0, 0.05) is 31.6 Å². The van der Waals surface area contributed by atoms with Crippen LogP contribution in [0.25, 0.3) is 0 Å². The zero-order valence-corrected chi connectivity index (χ0v) is 8.48. The van der Waals surface area contributed by atoms with Crippen molar-refractivity contribution in [3.05, 3.63) is 35.4 Å². The van der Waals surface area contributed by atoms with E-state index in [1.807, 2.05) is 0 Å². The van der Waals surface area contributed by atoms with E-state index in [1.165, 1.54) is 4.90 Å². The van der Waals surface area contributed by atoms with Crippen molar-refractivity contribution >= 4 is 0 Å². The van der Waals surface area contributed by atoms with Crippen molar-refractivity contribution in [2.75, 3.05) is 19.6 Å². The summed E-state index contributed by atoms with van der Waals surface area (Å²) in [5.74, 6) is 0. The molecular formula is C12H18N2O. The Balaban J connectivity index is 2.42. The Bertz CT molecular complexity index is 467. The zero-order chi connectivity index (χ0) is 14.3. The molecule has 0 saturated carbocycles. The number of hydrogen-bond donors (Lipinski definition) is 2. The van der Waals surface area contributed by atoms with Gasteiger partial charge in [0.25, 0.3) is 0 Å². The number of benzene rings is 1. The second kappa shape index (κ2) is 4.75. The van der Waals surface area contributed by atoms with Crippen LogP contribution in [-0.4, -0.2) is 35.7 Å². The van der Waals surface area contributed by atoms with E-state index in [1.54, 1.807) is 24.3 Å². The summed E-state index contributed by atoms with van der Waals surface area (Å²) in [5, 5.41) is 9.60. The Kier molecular flexibility index (Phi) is 2.10. The first-order valence-corrected chi connectivity index (χ1v) is 5.02. The molecule has 3 N–H and O–H groups in total. The average Bonchev–Trinajstić information content (AvgIpc) is 2.36. The minimum absolute atomic E-state index is 0.0113. The first kappa shape index (κ1) is 6.63. The fourth-order valence-corrected chi connectivity index (χ4v) is 1.56. The van der Waals surface area contributed by atoms with Gasteiger partial charge >= 0.3 is 0 Å². The normalized spacial score (nSPS) is 29.2. The minimum atomic E-state index is -1.81. The van der Waals surface area contributed by atoms with Crippen molar-refractivity contribution in [1.29, 1.82) is 0 Å². The number of β-amino-alcohol motifs (C(OH)–C–C–N with tert-alkyl or cyclic N) is 1. The lowest BCUT2D eigenvalue weighted by molar-refractivity contribution is 0.111. The Morgan fingerprint density at radius 2 is 2.20 bits per heavy atom. The van der Waals surface area contributed by atoms with E-state index in [0.717, 1.165) is 0 Å². The van der Waals surface area contributed by atoms with Crippen LogP contribution in [0.1, 0.15) is 16.6 Å². The van der Waals surface area contributed by atoms with E-state index in [4.69, 9.17) is 11.2 Å². The Labute approximate surface area is 96.1 Å². The third kappa shape index (κ3) is 2.56. The molecule has 0 fully saturated rings. The van der Waals surface area contributed by atoms with Crippen LogP contribution < -0.4 is 5.73 Å². The molecule has 0 aromatic heterocycles. The van der Waals surface area contributed by atoms with Crippen LogP contribution in [0.15, 0.2) is 24.3 Å². The molecular weight excluding hydrogens is 188 g/mol. The van der Waals surface area contributed by atoms with Gasteiger partial charge in [-0.15, -0.1) is 0 Å². The van der Waals surface area contributed by atoms with Crippen LogP contribution in [0.4, 0.5) is 0 Å². The Hall–Kier alpha value is -0.900. The van der Waals surface area contributed by atoms with Gasteiger partial charge in [0.2, 0.25) is 0 Å². The highest BCUT2D eigenvalue weighted by atomic mass is 16.3. The summed E-state index contributed by atoms with van der Waals surface area (Å²) in [6, 6.07) is 6.60. The van der Waals surface area contributed by atoms with E-state index in [-0.39, 0.29) is 19.6 Å². The molecule has 2 rings (SSSR count). The Morgan fingerprint density at radius 3 is 2.93 bits per heavy atom. The molecule has 1 aliphatic heterocycles.